The second-order valence-electron chi connectivity index (χ2n) is 7.45. The van der Waals surface area contributed by atoms with Crippen LogP contribution in [0.2, 0.25) is 5.02 Å². The van der Waals surface area contributed by atoms with E-state index in [-0.39, 0.29) is 24.1 Å². The zero-order chi connectivity index (χ0) is 20.3. The minimum Gasteiger partial charge on any atom is -0.326 e. The Morgan fingerprint density at radius 1 is 1.18 bits per heavy atom. The van der Waals surface area contributed by atoms with Crippen molar-refractivity contribution < 1.29 is 13.2 Å². The maximum absolute atomic E-state index is 12.8. The number of amides is 1. The van der Waals surface area contributed by atoms with E-state index < -0.39 is 10.0 Å². The number of aryl methyl sites for hydroxylation is 2. The Labute approximate surface area is 171 Å². The number of hydrogen-bond acceptors (Lipinski definition) is 3. The molecule has 0 unspecified atom stereocenters. The van der Waals surface area contributed by atoms with Gasteiger partial charge in [-0.1, -0.05) is 29.8 Å². The average Bonchev–Trinajstić information content (AvgIpc) is 2.60. The van der Waals surface area contributed by atoms with Crippen LogP contribution in [0.25, 0.3) is 0 Å². The normalized spacial score (nSPS) is 18.0. The number of piperidine rings is 1. The molecule has 2 aromatic rings. The maximum Gasteiger partial charge on any atom is 0.228 e. The number of halogens is 1. The molecule has 1 heterocycles. The minimum absolute atomic E-state index is 0.112. The first-order chi connectivity index (χ1) is 13.2. The first-order valence-electron chi connectivity index (χ1n) is 9.34. The van der Waals surface area contributed by atoms with Crippen molar-refractivity contribution in [3.8, 4) is 0 Å². The molecule has 7 heteroatoms. The number of hydrogen-bond donors (Lipinski definition) is 1. The Bertz CT molecular complexity index is 955. The number of nitrogens with zero attached hydrogens (tertiary/aromatic N) is 1. The number of anilines is 1. The van der Waals surface area contributed by atoms with Gasteiger partial charge in [-0.3, -0.25) is 4.79 Å². The second kappa shape index (κ2) is 8.64. The lowest BCUT2D eigenvalue weighted by atomic mass is 9.98. The number of sulfonamides is 1. The van der Waals surface area contributed by atoms with E-state index in [1.54, 1.807) is 24.3 Å². The van der Waals surface area contributed by atoms with E-state index >= 15 is 0 Å². The van der Waals surface area contributed by atoms with Crippen molar-refractivity contribution in [2.45, 2.75) is 32.4 Å². The summed E-state index contributed by atoms with van der Waals surface area (Å²) >= 11 is 5.96. The van der Waals surface area contributed by atoms with Gasteiger partial charge in [0.25, 0.3) is 0 Å². The van der Waals surface area contributed by atoms with Crippen LogP contribution >= 0.6 is 11.6 Å². The smallest absolute Gasteiger partial charge is 0.228 e. The summed E-state index contributed by atoms with van der Waals surface area (Å²) < 4.78 is 27.1. The molecular weight excluding hydrogens is 396 g/mol. The first-order valence-corrected chi connectivity index (χ1v) is 11.3. The Morgan fingerprint density at radius 3 is 2.57 bits per heavy atom. The van der Waals surface area contributed by atoms with Gasteiger partial charge < -0.3 is 5.32 Å². The molecule has 150 valence electrons. The van der Waals surface area contributed by atoms with Gasteiger partial charge in [0, 0.05) is 23.8 Å². The summed E-state index contributed by atoms with van der Waals surface area (Å²) in [6.45, 7) is 4.61. The molecule has 1 saturated heterocycles. The molecule has 0 radical (unpaired) electrons. The Hall–Kier alpha value is -1.89. The summed E-state index contributed by atoms with van der Waals surface area (Å²) in [6.07, 6.45) is 1.35. The SMILES string of the molecule is Cc1cc(C)cc(NC(=O)[C@H]2CCCN(S(=O)(=O)Cc3cccc(Cl)c3)C2)c1. The van der Waals surface area contributed by atoms with Crippen molar-refractivity contribution in [3.05, 3.63) is 64.2 Å². The van der Waals surface area contributed by atoms with Crippen molar-refractivity contribution in [2.24, 2.45) is 5.92 Å². The molecule has 0 aliphatic carbocycles. The Balaban J connectivity index is 1.68. The molecule has 0 aromatic heterocycles. The highest BCUT2D eigenvalue weighted by Crippen LogP contribution is 2.24. The summed E-state index contributed by atoms with van der Waals surface area (Å²) in [6, 6.07) is 12.7. The van der Waals surface area contributed by atoms with Crippen LogP contribution in [0.3, 0.4) is 0 Å². The van der Waals surface area contributed by atoms with Crippen LogP contribution in [0.5, 0.6) is 0 Å². The molecule has 1 N–H and O–H groups in total. The molecular formula is C21H25ClN2O3S. The van der Waals surface area contributed by atoms with E-state index in [0.717, 1.165) is 16.8 Å². The lowest BCUT2D eigenvalue weighted by molar-refractivity contribution is -0.120. The molecule has 2 aromatic carbocycles. The fraction of sp³-hybridized carbons (Fsp3) is 0.381. The molecule has 0 saturated carbocycles. The predicted octanol–water partition coefficient (Wildman–Crippen LogP) is 4.14. The van der Waals surface area contributed by atoms with Gasteiger partial charge in [0.1, 0.15) is 0 Å². The number of benzene rings is 2. The Morgan fingerprint density at radius 2 is 1.89 bits per heavy atom. The topological polar surface area (TPSA) is 66.5 Å². The molecule has 0 spiro atoms. The molecule has 1 amide bonds. The van der Waals surface area contributed by atoms with E-state index in [1.165, 1.54) is 4.31 Å². The van der Waals surface area contributed by atoms with E-state index in [2.05, 4.69) is 5.32 Å². The maximum atomic E-state index is 12.8. The quantitative estimate of drug-likeness (QED) is 0.790. The summed E-state index contributed by atoms with van der Waals surface area (Å²) in [4.78, 5) is 12.7. The highest BCUT2D eigenvalue weighted by atomic mass is 35.5. The Kier molecular flexibility index (Phi) is 6.43. The molecule has 3 rings (SSSR count). The van der Waals surface area contributed by atoms with E-state index in [4.69, 9.17) is 11.6 Å². The van der Waals surface area contributed by atoms with Gasteiger partial charge in [-0.25, -0.2) is 12.7 Å². The highest BCUT2D eigenvalue weighted by molar-refractivity contribution is 7.88. The molecule has 1 atom stereocenters. The van der Waals surface area contributed by atoms with Crippen molar-refractivity contribution in [1.29, 1.82) is 0 Å². The molecule has 1 aliphatic rings. The standard InChI is InChI=1S/C21H25ClN2O3S/c1-15-9-16(2)11-20(10-15)23-21(25)18-6-4-8-24(13-18)28(26,27)14-17-5-3-7-19(22)12-17/h3,5,7,9-12,18H,4,6,8,13-14H2,1-2H3,(H,23,25)/t18-/m0/s1. The summed E-state index contributed by atoms with van der Waals surface area (Å²) in [7, 11) is -3.51. The predicted molar refractivity (Wildman–Crippen MR) is 113 cm³/mol. The van der Waals surface area contributed by atoms with E-state index in [9.17, 15) is 13.2 Å². The van der Waals surface area contributed by atoms with Gasteiger partial charge >= 0.3 is 0 Å². The van der Waals surface area contributed by atoms with Gasteiger partial charge in [-0.2, -0.15) is 0 Å². The zero-order valence-electron chi connectivity index (χ0n) is 16.1. The van der Waals surface area contributed by atoms with Gasteiger partial charge in [0.2, 0.25) is 15.9 Å². The number of rotatable bonds is 5. The van der Waals surface area contributed by atoms with Crippen LogP contribution in [-0.2, 0) is 20.6 Å². The van der Waals surface area contributed by atoms with Gasteiger partial charge in [-0.15, -0.1) is 0 Å². The average molecular weight is 421 g/mol. The van der Waals surface area contributed by atoms with Crippen LogP contribution < -0.4 is 5.32 Å². The summed E-state index contributed by atoms with van der Waals surface area (Å²) in [5, 5.41) is 3.46. The van der Waals surface area contributed by atoms with Crippen molar-refractivity contribution in [3.63, 3.8) is 0 Å². The monoisotopic (exact) mass is 420 g/mol. The first kappa shape index (κ1) is 20.8. The van der Waals surface area contributed by atoms with Gasteiger partial charge in [0.15, 0.2) is 0 Å². The zero-order valence-corrected chi connectivity index (χ0v) is 17.7. The fourth-order valence-corrected chi connectivity index (χ4v) is 5.44. The molecule has 1 aliphatic heterocycles. The van der Waals surface area contributed by atoms with Crippen molar-refractivity contribution >= 4 is 33.2 Å². The molecule has 28 heavy (non-hydrogen) atoms. The van der Waals surface area contributed by atoms with Crippen molar-refractivity contribution in [2.75, 3.05) is 18.4 Å². The van der Waals surface area contributed by atoms with Crippen LogP contribution in [0, 0.1) is 19.8 Å². The van der Waals surface area contributed by atoms with Crippen LogP contribution in [0.15, 0.2) is 42.5 Å². The highest BCUT2D eigenvalue weighted by Gasteiger charge is 2.32. The lowest BCUT2D eigenvalue weighted by Crippen LogP contribution is -2.44. The van der Waals surface area contributed by atoms with E-state index in [0.29, 0.717) is 30.0 Å². The van der Waals surface area contributed by atoms with Crippen LogP contribution in [0.1, 0.15) is 29.5 Å². The molecule has 5 nitrogen and oxygen atoms in total. The third-order valence-corrected chi connectivity index (χ3v) is 6.93. The third-order valence-electron chi connectivity index (χ3n) is 4.88. The minimum atomic E-state index is -3.51. The fourth-order valence-electron chi connectivity index (χ4n) is 3.63. The van der Waals surface area contributed by atoms with Gasteiger partial charge in [-0.05, 0) is 67.6 Å². The summed E-state index contributed by atoms with van der Waals surface area (Å²) in [5.41, 5.74) is 3.55. The largest absolute Gasteiger partial charge is 0.326 e. The number of carbonyl (C=O) groups excluding carboxylic acids is 1. The molecule has 1 fully saturated rings. The molecule has 0 bridgehead atoms. The van der Waals surface area contributed by atoms with Crippen LogP contribution in [0.4, 0.5) is 5.69 Å². The van der Waals surface area contributed by atoms with E-state index in [1.807, 2.05) is 32.0 Å². The van der Waals surface area contributed by atoms with Crippen LogP contribution in [-0.4, -0.2) is 31.7 Å². The summed E-state index contributed by atoms with van der Waals surface area (Å²) in [5.74, 6) is -0.602. The number of nitrogens with one attached hydrogen (secondary N) is 1. The van der Waals surface area contributed by atoms with Gasteiger partial charge in [0.05, 0.1) is 11.7 Å². The third kappa shape index (κ3) is 5.34. The van der Waals surface area contributed by atoms with Crippen molar-refractivity contribution in [1.82, 2.24) is 4.31 Å². The lowest BCUT2D eigenvalue weighted by Gasteiger charge is -2.31. The second-order valence-corrected chi connectivity index (χ2v) is 9.85. The number of carbonyl (C=O) groups is 1.